The van der Waals surface area contributed by atoms with Crippen molar-refractivity contribution >= 4 is 23.5 Å². The molecule has 3 rings (SSSR count). The lowest BCUT2D eigenvalue weighted by Gasteiger charge is -2.19. The van der Waals surface area contributed by atoms with Crippen molar-refractivity contribution in [3.63, 3.8) is 0 Å². The topological polar surface area (TPSA) is 94.2 Å². The third-order valence-electron chi connectivity index (χ3n) is 4.25. The number of nitrogens with one attached hydrogen (secondary N) is 1. The summed E-state index contributed by atoms with van der Waals surface area (Å²) in [4.78, 5) is 37.6. The second kappa shape index (κ2) is 9.09. The number of benzene rings is 2. The predicted octanol–water partition coefficient (Wildman–Crippen LogP) is 2.02. The van der Waals surface area contributed by atoms with Crippen LogP contribution >= 0.6 is 0 Å². The van der Waals surface area contributed by atoms with Gasteiger partial charge in [0.05, 0.1) is 12.1 Å². The molecule has 8 heteroatoms. The van der Waals surface area contributed by atoms with Gasteiger partial charge in [0.2, 0.25) is 5.91 Å². The number of nitrogens with zero attached hydrogens (tertiary/aromatic N) is 1. The number of aryl methyl sites for hydroxylation is 1. The van der Waals surface area contributed by atoms with Gasteiger partial charge in [0.25, 0.3) is 5.91 Å². The first-order valence-corrected chi connectivity index (χ1v) is 9.09. The Bertz CT molecular complexity index is 910. The molecule has 0 saturated carbocycles. The Morgan fingerprint density at radius 2 is 1.72 bits per heavy atom. The molecule has 1 aliphatic rings. The summed E-state index contributed by atoms with van der Waals surface area (Å²) in [6.07, 6.45) is 0. The highest BCUT2D eigenvalue weighted by Crippen LogP contribution is 2.30. The van der Waals surface area contributed by atoms with E-state index < -0.39 is 18.5 Å². The van der Waals surface area contributed by atoms with E-state index in [1.807, 2.05) is 19.1 Å². The monoisotopic (exact) mass is 398 g/mol. The Balaban J connectivity index is 1.47. The molecule has 1 heterocycles. The van der Waals surface area contributed by atoms with Gasteiger partial charge in [-0.1, -0.05) is 17.7 Å². The quantitative estimate of drug-likeness (QED) is 0.749. The number of hydrogen-bond acceptors (Lipinski definition) is 6. The van der Waals surface area contributed by atoms with Crippen molar-refractivity contribution in [2.24, 2.45) is 0 Å². The number of anilines is 1. The number of fused-ring (bicyclic) bond motifs is 1. The number of likely N-dealkylation sites (N-methyl/N-ethyl adjacent to an activating group) is 1. The van der Waals surface area contributed by atoms with Gasteiger partial charge in [0.1, 0.15) is 13.2 Å². The van der Waals surface area contributed by atoms with Crippen LogP contribution in [0.5, 0.6) is 11.5 Å². The van der Waals surface area contributed by atoms with E-state index in [-0.39, 0.29) is 18.0 Å². The molecule has 0 radical (unpaired) electrons. The summed E-state index contributed by atoms with van der Waals surface area (Å²) in [5, 5.41) is 2.71. The molecule has 0 bridgehead atoms. The zero-order valence-electron chi connectivity index (χ0n) is 16.3. The summed E-state index contributed by atoms with van der Waals surface area (Å²) in [6.45, 7) is 2.18. The molecule has 0 unspecified atom stereocenters. The lowest BCUT2D eigenvalue weighted by atomic mass is 10.2. The SMILES string of the molecule is Cc1ccc(NC(=O)CN(C)C(=O)COC(=O)c2ccc3c(c2)OCCO3)cc1. The molecule has 152 valence electrons. The lowest BCUT2D eigenvalue weighted by molar-refractivity contribution is -0.136. The average Bonchev–Trinajstić information content (AvgIpc) is 2.72. The minimum absolute atomic E-state index is 0.158. The predicted molar refractivity (Wildman–Crippen MR) is 105 cm³/mol. The maximum Gasteiger partial charge on any atom is 0.338 e. The second-order valence-electron chi connectivity index (χ2n) is 6.60. The summed E-state index contributed by atoms with van der Waals surface area (Å²) >= 11 is 0. The number of carbonyl (C=O) groups excluding carboxylic acids is 3. The Labute approximate surface area is 168 Å². The summed E-state index contributed by atoms with van der Waals surface area (Å²) < 4.78 is 15.9. The molecule has 2 amide bonds. The van der Waals surface area contributed by atoms with E-state index >= 15 is 0 Å². The van der Waals surface area contributed by atoms with Crippen LogP contribution in [0.4, 0.5) is 5.69 Å². The van der Waals surface area contributed by atoms with Crippen LogP contribution in [0.2, 0.25) is 0 Å². The van der Waals surface area contributed by atoms with E-state index in [1.165, 1.54) is 18.0 Å². The smallest absolute Gasteiger partial charge is 0.338 e. The van der Waals surface area contributed by atoms with Crippen LogP contribution in [0, 0.1) is 6.92 Å². The molecular formula is C21H22N2O6. The zero-order chi connectivity index (χ0) is 20.8. The van der Waals surface area contributed by atoms with E-state index in [4.69, 9.17) is 14.2 Å². The van der Waals surface area contributed by atoms with E-state index in [0.717, 1.165) is 5.56 Å². The van der Waals surface area contributed by atoms with E-state index in [1.54, 1.807) is 24.3 Å². The lowest BCUT2D eigenvalue weighted by Crippen LogP contribution is -2.37. The van der Waals surface area contributed by atoms with Crippen molar-refractivity contribution in [2.45, 2.75) is 6.92 Å². The van der Waals surface area contributed by atoms with Crippen LogP contribution in [0.15, 0.2) is 42.5 Å². The highest BCUT2D eigenvalue weighted by atomic mass is 16.6. The Morgan fingerprint density at radius 3 is 2.45 bits per heavy atom. The number of ether oxygens (including phenoxy) is 3. The van der Waals surface area contributed by atoms with E-state index in [9.17, 15) is 14.4 Å². The van der Waals surface area contributed by atoms with Gasteiger partial charge in [-0.05, 0) is 37.3 Å². The molecule has 8 nitrogen and oxygen atoms in total. The van der Waals surface area contributed by atoms with Gasteiger partial charge in [0, 0.05) is 12.7 Å². The maximum absolute atomic E-state index is 12.2. The van der Waals surface area contributed by atoms with Crippen LogP contribution in [-0.2, 0) is 14.3 Å². The number of rotatable bonds is 6. The van der Waals surface area contributed by atoms with Crippen LogP contribution in [-0.4, -0.2) is 56.1 Å². The van der Waals surface area contributed by atoms with Crippen LogP contribution in [0.25, 0.3) is 0 Å². The van der Waals surface area contributed by atoms with Crippen molar-refractivity contribution in [3.8, 4) is 11.5 Å². The van der Waals surface area contributed by atoms with Gasteiger partial charge >= 0.3 is 5.97 Å². The van der Waals surface area contributed by atoms with Crippen molar-refractivity contribution in [1.82, 2.24) is 4.90 Å². The number of carbonyl (C=O) groups is 3. The third kappa shape index (κ3) is 5.47. The average molecular weight is 398 g/mol. The molecule has 1 N–H and O–H groups in total. The van der Waals surface area contributed by atoms with Crippen molar-refractivity contribution in [2.75, 3.05) is 38.7 Å². The Kier molecular flexibility index (Phi) is 6.33. The zero-order valence-corrected chi connectivity index (χ0v) is 16.3. The first kappa shape index (κ1) is 20.2. The normalized spacial score (nSPS) is 12.1. The second-order valence-corrected chi connectivity index (χ2v) is 6.60. The van der Waals surface area contributed by atoms with Gasteiger partial charge in [-0.15, -0.1) is 0 Å². The third-order valence-corrected chi connectivity index (χ3v) is 4.25. The van der Waals surface area contributed by atoms with Crippen molar-refractivity contribution in [1.29, 1.82) is 0 Å². The summed E-state index contributed by atoms with van der Waals surface area (Å²) in [6, 6.07) is 12.0. The fourth-order valence-electron chi connectivity index (χ4n) is 2.63. The van der Waals surface area contributed by atoms with Gasteiger partial charge in [0.15, 0.2) is 18.1 Å². The first-order valence-electron chi connectivity index (χ1n) is 9.09. The summed E-state index contributed by atoms with van der Waals surface area (Å²) in [5.74, 6) is -0.476. The molecule has 0 fully saturated rings. The molecule has 1 aliphatic heterocycles. The molecule has 2 aromatic rings. The minimum atomic E-state index is -0.659. The largest absolute Gasteiger partial charge is 0.486 e. The molecule has 0 saturated heterocycles. The van der Waals surface area contributed by atoms with Gasteiger partial charge < -0.3 is 24.4 Å². The molecule has 0 spiro atoms. The van der Waals surface area contributed by atoms with Gasteiger partial charge in [-0.2, -0.15) is 0 Å². The molecule has 2 aromatic carbocycles. The molecular weight excluding hydrogens is 376 g/mol. The Morgan fingerprint density at radius 1 is 1.03 bits per heavy atom. The highest BCUT2D eigenvalue weighted by molar-refractivity contribution is 5.95. The van der Waals surface area contributed by atoms with Crippen LogP contribution in [0.1, 0.15) is 15.9 Å². The fourth-order valence-corrected chi connectivity index (χ4v) is 2.63. The van der Waals surface area contributed by atoms with Crippen molar-refractivity contribution in [3.05, 3.63) is 53.6 Å². The van der Waals surface area contributed by atoms with Crippen LogP contribution in [0.3, 0.4) is 0 Å². The maximum atomic E-state index is 12.2. The van der Waals surface area contributed by atoms with Gasteiger partial charge in [-0.3, -0.25) is 9.59 Å². The number of amides is 2. The fraction of sp³-hybridized carbons (Fsp3) is 0.286. The number of esters is 1. The standard InChI is InChI=1S/C21H22N2O6/c1-14-3-6-16(7-4-14)22-19(24)12-23(2)20(25)13-29-21(26)15-5-8-17-18(11-15)28-10-9-27-17/h3-8,11H,9-10,12-13H2,1-2H3,(H,22,24). The molecule has 0 atom stereocenters. The summed E-state index contributed by atoms with van der Waals surface area (Å²) in [7, 11) is 1.47. The van der Waals surface area contributed by atoms with Gasteiger partial charge in [-0.25, -0.2) is 4.79 Å². The Hall–Kier alpha value is -3.55. The molecule has 0 aliphatic carbocycles. The van der Waals surface area contributed by atoms with Crippen molar-refractivity contribution < 1.29 is 28.6 Å². The van der Waals surface area contributed by atoms with E-state index in [0.29, 0.717) is 30.4 Å². The summed E-state index contributed by atoms with van der Waals surface area (Å²) in [5.41, 5.74) is 1.98. The van der Waals surface area contributed by atoms with E-state index in [2.05, 4.69) is 5.32 Å². The highest BCUT2D eigenvalue weighted by Gasteiger charge is 2.18. The first-order chi connectivity index (χ1) is 13.9. The molecule has 29 heavy (non-hydrogen) atoms. The van der Waals surface area contributed by atoms with Crippen LogP contribution < -0.4 is 14.8 Å². The minimum Gasteiger partial charge on any atom is -0.486 e. The number of hydrogen-bond donors (Lipinski definition) is 1. The molecule has 0 aromatic heterocycles.